The number of aryl methyl sites for hydroxylation is 1. The molecule has 3 fully saturated rings. The summed E-state index contributed by atoms with van der Waals surface area (Å²) in [6.45, 7) is 12.9. The Morgan fingerprint density at radius 1 is 1.06 bits per heavy atom. The molecule has 10 atom stereocenters. The van der Waals surface area contributed by atoms with Crippen molar-refractivity contribution in [3.05, 3.63) is 76.5 Å². The number of benzene rings is 2. The molecule has 272 valence electrons. The summed E-state index contributed by atoms with van der Waals surface area (Å²) in [7, 11) is 1.97. The number of H-pyrrole nitrogens is 1. The summed E-state index contributed by atoms with van der Waals surface area (Å²) in [5.41, 5.74) is 9.73. The summed E-state index contributed by atoms with van der Waals surface area (Å²) >= 11 is 0. The third-order valence-electron chi connectivity index (χ3n) is 15.1. The molecule has 1 aromatic heterocycles. The third kappa shape index (κ3) is 4.13. The van der Waals surface area contributed by atoms with Gasteiger partial charge in [-0.2, -0.15) is 0 Å². The average molecular weight is 694 g/mol. The van der Waals surface area contributed by atoms with E-state index in [-0.39, 0.29) is 12.0 Å². The van der Waals surface area contributed by atoms with Gasteiger partial charge < -0.3 is 30.9 Å². The van der Waals surface area contributed by atoms with Crippen molar-refractivity contribution in [2.45, 2.75) is 106 Å². The first-order valence-corrected chi connectivity index (χ1v) is 19.3. The number of amides is 1. The first-order valence-electron chi connectivity index (χ1n) is 19.3. The first kappa shape index (κ1) is 33.6. The normalized spacial score (nSPS) is 41.3. The lowest BCUT2D eigenvalue weighted by molar-refractivity contribution is -0.201. The van der Waals surface area contributed by atoms with Crippen LogP contribution in [0.2, 0.25) is 0 Å². The van der Waals surface area contributed by atoms with Gasteiger partial charge in [0.1, 0.15) is 6.10 Å². The molecule has 1 aliphatic carbocycles. The van der Waals surface area contributed by atoms with Crippen LogP contribution in [0.5, 0.6) is 0 Å². The van der Waals surface area contributed by atoms with E-state index in [9.17, 15) is 20.1 Å². The monoisotopic (exact) mass is 693 g/mol. The average Bonchev–Trinajstić information content (AvgIpc) is 3.76. The number of carbonyl (C=O) groups is 1. The quantitative estimate of drug-likeness (QED) is 0.263. The van der Waals surface area contributed by atoms with Crippen molar-refractivity contribution in [2.24, 2.45) is 17.1 Å². The number of rotatable bonds is 4. The number of fused-ring (bicyclic) bond motifs is 6. The molecule has 6 N–H and O–H groups in total. The van der Waals surface area contributed by atoms with Gasteiger partial charge in [-0.3, -0.25) is 14.6 Å². The fourth-order valence-electron chi connectivity index (χ4n) is 13.0. The van der Waals surface area contributed by atoms with Crippen LogP contribution >= 0.6 is 0 Å². The largest absolute Gasteiger partial charge is 0.389 e. The molecule has 2 saturated heterocycles. The Labute approximate surface area is 301 Å². The summed E-state index contributed by atoms with van der Waals surface area (Å²) in [6, 6.07) is 12.5. The second kappa shape index (κ2) is 10.9. The number of aromatic amines is 1. The molecular formula is C42H55N5O4. The Kier molecular flexibility index (Phi) is 7.20. The van der Waals surface area contributed by atoms with Crippen LogP contribution in [0, 0.1) is 18.3 Å². The van der Waals surface area contributed by atoms with Crippen molar-refractivity contribution in [3.8, 4) is 0 Å². The Morgan fingerprint density at radius 3 is 2.59 bits per heavy atom. The van der Waals surface area contributed by atoms with Crippen LogP contribution < -0.4 is 10.6 Å². The summed E-state index contributed by atoms with van der Waals surface area (Å²) < 4.78 is 0. The number of nitrogens with one attached hydrogen (secondary N) is 1. The Morgan fingerprint density at radius 2 is 1.84 bits per heavy atom. The van der Waals surface area contributed by atoms with E-state index in [0.29, 0.717) is 13.0 Å². The van der Waals surface area contributed by atoms with Gasteiger partial charge in [0.2, 0.25) is 0 Å². The molecule has 6 aliphatic rings. The molecular weight excluding hydrogens is 638 g/mol. The lowest BCUT2D eigenvalue weighted by Crippen LogP contribution is -2.81. The topological polar surface area (TPSA) is 129 Å². The first-order chi connectivity index (χ1) is 24.3. The van der Waals surface area contributed by atoms with Crippen molar-refractivity contribution >= 4 is 22.5 Å². The molecule has 9 heteroatoms. The summed E-state index contributed by atoms with van der Waals surface area (Å²) in [5, 5.41) is 37.9. The maximum Gasteiger partial charge on any atom is 0.254 e. The number of likely N-dealkylation sites (N-methyl/N-ethyl adjacent to an activating group) is 1. The van der Waals surface area contributed by atoms with Crippen molar-refractivity contribution in [1.82, 2.24) is 14.8 Å². The van der Waals surface area contributed by atoms with Crippen LogP contribution in [0.1, 0.15) is 80.8 Å². The molecule has 51 heavy (non-hydrogen) atoms. The lowest BCUT2D eigenvalue weighted by Gasteiger charge is -2.63. The number of anilines is 1. The number of aromatic nitrogens is 1. The zero-order chi connectivity index (χ0) is 35.9. The highest BCUT2D eigenvalue weighted by Gasteiger charge is 2.78. The minimum absolute atomic E-state index is 0.109. The predicted octanol–water partition coefficient (Wildman–Crippen LogP) is 3.88. The molecule has 9 nitrogen and oxygen atoms in total. The zero-order valence-corrected chi connectivity index (χ0v) is 30.9. The van der Waals surface area contributed by atoms with E-state index in [2.05, 4.69) is 95.9 Å². The van der Waals surface area contributed by atoms with Gasteiger partial charge in [0.25, 0.3) is 5.91 Å². The molecule has 2 bridgehead atoms. The number of hydrogen-bond donors (Lipinski definition) is 5. The van der Waals surface area contributed by atoms with E-state index in [1.807, 2.05) is 7.05 Å². The number of carbonyl (C=O) groups excluding carboxylic acids is 1. The summed E-state index contributed by atoms with van der Waals surface area (Å²) in [6.07, 6.45) is 7.44. The standard InChI is InChI=1S/C42H55N5O4/c1-6-39(50)22-26-21-38(4,33-28(13-17-46(23-26)24-39)27-11-8-9-12-31(27)44-33)29-20-30-32(19-25(29)3)45(5)35-41(30)15-18-47-16-10-14-40(7-2,34(41)47)36(48)42(35,51)37(43)49/h8-12,14,19-20,26,34-36,44,48,50-51H,6-7,13,15-18,21-24H2,1-5H3,(H2,43,49)/t26-,34?,35?,36-,38-,39+,40-,41-,42+/m1/s1. The van der Waals surface area contributed by atoms with E-state index >= 15 is 0 Å². The van der Waals surface area contributed by atoms with Crippen molar-refractivity contribution in [1.29, 1.82) is 0 Å². The van der Waals surface area contributed by atoms with Crippen LogP contribution in [0.4, 0.5) is 5.69 Å². The number of piperidine rings is 1. The number of primary amides is 1. The van der Waals surface area contributed by atoms with Gasteiger partial charge in [-0.25, -0.2) is 0 Å². The van der Waals surface area contributed by atoms with Crippen molar-refractivity contribution in [2.75, 3.05) is 44.7 Å². The Bertz CT molecular complexity index is 1980. The van der Waals surface area contributed by atoms with Crippen molar-refractivity contribution < 1.29 is 20.1 Å². The van der Waals surface area contributed by atoms with Crippen LogP contribution in [0.25, 0.3) is 10.9 Å². The van der Waals surface area contributed by atoms with Gasteiger partial charge in [0.05, 0.1) is 11.6 Å². The van der Waals surface area contributed by atoms with E-state index < -0.39 is 45.5 Å². The van der Waals surface area contributed by atoms with Gasteiger partial charge in [0.15, 0.2) is 5.60 Å². The van der Waals surface area contributed by atoms with Gasteiger partial charge >= 0.3 is 0 Å². The van der Waals surface area contributed by atoms with Crippen LogP contribution in [0.15, 0.2) is 48.6 Å². The second-order valence-corrected chi connectivity index (χ2v) is 17.5. The number of hydrogen-bond acceptors (Lipinski definition) is 7. The van der Waals surface area contributed by atoms with Crippen molar-refractivity contribution in [3.63, 3.8) is 0 Å². The number of nitrogens with two attached hydrogens (primary N) is 1. The maximum atomic E-state index is 13.6. The highest BCUT2D eigenvalue weighted by atomic mass is 16.4. The van der Waals surface area contributed by atoms with Gasteiger partial charge in [-0.15, -0.1) is 0 Å². The molecule has 3 unspecified atom stereocenters. The van der Waals surface area contributed by atoms with E-state index in [4.69, 9.17) is 5.73 Å². The minimum atomic E-state index is -2.16. The van der Waals surface area contributed by atoms with E-state index in [0.717, 1.165) is 80.6 Å². The Balaban J connectivity index is 1.30. The van der Waals surface area contributed by atoms with Gasteiger partial charge in [-0.05, 0) is 99.2 Å². The molecule has 3 aromatic rings. The number of para-hydroxylation sites is 1. The fourth-order valence-corrected chi connectivity index (χ4v) is 13.0. The second-order valence-electron chi connectivity index (χ2n) is 17.5. The van der Waals surface area contributed by atoms with E-state index in [1.165, 1.54) is 22.2 Å². The zero-order valence-electron chi connectivity index (χ0n) is 30.9. The lowest BCUT2D eigenvalue weighted by atomic mass is 9.47. The molecule has 1 spiro atoms. The molecule has 1 amide bonds. The Hall–Kier alpha value is -3.21. The highest BCUT2D eigenvalue weighted by Crippen LogP contribution is 2.67. The number of aliphatic hydroxyl groups excluding tert-OH is 1. The fraction of sp³-hybridized carbons (Fsp3) is 0.595. The number of aliphatic hydroxyl groups is 3. The molecule has 6 heterocycles. The van der Waals surface area contributed by atoms with E-state index in [1.54, 1.807) is 0 Å². The smallest absolute Gasteiger partial charge is 0.254 e. The number of nitrogens with zero attached hydrogens (tertiary/aromatic N) is 3. The van der Waals surface area contributed by atoms with Crippen LogP contribution in [-0.4, -0.2) is 105 Å². The molecule has 1 saturated carbocycles. The summed E-state index contributed by atoms with van der Waals surface area (Å²) in [5.74, 6) is -0.578. The molecule has 5 aliphatic heterocycles. The predicted molar refractivity (Wildman–Crippen MR) is 200 cm³/mol. The molecule has 2 aromatic carbocycles. The maximum absolute atomic E-state index is 13.6. The molecule has 0 radical (unpaired) electrons. The highest BCUT2D eigenvalue weighted by molar-refractivity contribution is 5.89. The summed E-state index contributed by atoms with van der Waals surface area (Å²) in [4.78, 5) is 24.6. The SMILES string of the molecule is CC[C@]1(O)C[C@@H]2CN(CCc3c([nH]c4ccccc34)[C@@](C)(c3cc4c(cc3C)N(C)C3[C@]45CCN4CC=C[C@](CC)(C45)[C@@H](O)[C@]3(O)C(N)=O)C2)C1. The van der Waals surface area contributed by atoms with Gasteiger partial charge in [0, 0.05) is 77.8 Å². The van der Waals surface area contributed by atoms with Crippen LogP contribution in [-0.2, 0) is 22.0 Å². The minimum Gasteiger partial charge on any atom is -0.389 e. The van der Waals surface area contributed by atoms with Gasteiger partial charge in [-0.1, -0.05) is 50.3 Å². The molecule has 9 rings (SSSR count). The third-order valence-corrected chi connectivity index (χ3v) is 15.1. The van der Waals surface area contributed by atoms with Crippen LogP contribution in [0.3, 0.4) is 0 Å².